The number of nitrogens with one attached hydrogen (secondary N) is 1. The van der Waals surface area contributed by atoms with E-state index in [9.17, 15) is 4.79 Å². The SMILES string of the molecule is COc1ccc(OCC(=O)Nc2ccccc2CN)cc1. The number of carbonyl (C=O) groups is 1. The Hall–Kier alpha value is -2.53. The van der Waals surface area contributed by atoms with Gasteiger partial charge in [0.15, 0.2) is 6.61 Å². The molecule has 5 heteroatoms. The highest BCUT2D eigenvalue weighted by Gasteiger charge is 2.06. The van der Waals surface area contributed by atoms with E-state index in [2.05, 4.69) is 5.32 Å². The second kappa shape index (κ2) is 7.31. The molecule has 0 heterocycles. The minimum Gasteiger partial charge on any atom is -0.497 e. The first kappa shape index (κ1) is 14.9. The summed E-state index contributed by atoms with van der Waals surface area (Å²) in [6, 6.07) is 14.5. The van der Waals surface area contributed by atoms with Gasteiger partial charge in [-0.15, -0.1) is 0 Å². The number of benzene rings is 2. The van der Waals surface area contributed by atoms with Crippen molar-refractivity contribution in [3.05, 3.63) is 54.1 Å². The van der Waals surface area contributed by atoms with Crippen molar-refractivity contribution in [1.29, 1.82) is 0 Å². The molecule has 0 atom stereocenters. The molecule has 3 N–H and O–H groups in total. The second-order valence-electron chi connectivity index (χ2n) is 4.37. The number of amides is 1. The Labute approximate surface area is 123 Å². The number of rotatable bonds is 6. The van der Waals surface area contributed by atoms with E-state index >= 15 is 0 Å². The third-order valence-electron chi connectivity index (χ3n) is 2.94. The van der Waals surface area contributed by atoms with Gasteiger partial charge >= 0.3 is 0 Å². The van der Waals surface area contributed by atoms with Crippen LogP contribution in [0.4, 0.5) is 5.69 Å². The van der Waals surface area contributed by atoms with Crippen LogP contribution < -0.4 is 20.5 Å². The molecule has 0 spiro atoms. The van der Waals surface area contributed by atoms with Crippen LogP contribution in [0.25, 0.3) is 0 Å². The van der Waals surface area contributed by atoms with Crippen LogP contribution in [0.5, 0.6) is 11.5 Å². The fraction of sp³-hybridized carbons (Fsp3) is 0.188. The molecule has 0 radical (unpaired) electrons. The monoisotopic (exact) mass is 286 g/mol. The number of carbonyl (C=O) groups excluding carboxylic acids is 1. The standard InChI is InChI=1S/C16H18N2O3/c1-20-13-6-8-14(9-7-13)21-11-16(19)18-15-5-3-2-4-12(15)10-17/h2-9H,10-11,17H2,1H3,(H,18,19). The number of anilines is 1. The zero-order chi connectivity index (χ0) is 15.1. The molecule has 0 bridgehead atoms. The quantitative estimate of drug-likeness (QED) is 0.853. The van der Waals surface area contributed by atoms with Crippen molar-refractivity contribution in [3.63, 3.8) is 0 Å². The van der Waals surface area contributed by atoms with Gasteiger partial charge in [-0.25, -0.2) is 0 Å². The molecule has 0 aliphatic rings. The van der Waals surface area contributed by atoms with Crippen LogP contribution in [0.3, 0.4) is 0 Å². The zero-order valence-electron chi connectivity index (χ0n) is 11.8. The highest BCUT2D eigenvalue weighted by molar-refractivity contribution is 5.92. The summed E-state index contributed by atoms with van der Waals surface area (Å²) in [4.78, 5) is 11.9. The van der Waals surface area contributed by atoms with E-state index in [1.165, 1.54) is 0 Å². The predicted molar refractivity (Wildman–Crippen MR) is 81.5 cm³/mol. The molecule has 0 unspecified atom stereocenters. The normalized spacial score (nSPS) is 10.0. The van der Waals surface area contributed by atoms with E-state index in [0.717, 1.165) is 11.3 Å². The molecule has 2 aromatic rings. The molecule has 1 amide bonds. The van der Waals surface area contributed by atoms with E-state index in [-0.39, 0.29) is 12.5 Å². The van der Waals surface area contributed by atoms with Crippen LogP contribution >= 0.6 is 0 Å². The molecule has 21 heavy (non-hydrogen) atoms. The zero-order valence-corrected chi connectivity index (χ0v) is 11.8. The van der Waals surface area contributed by atoms with Gasteiger partial charge in [-0.2, -0.15) is 0 Å². The summed E-state index contributed by atoms with van der Waals surface area (Å²) in [5.41, 5.74) is 7.22. The van der Waals surface area contributed by atoms with Gasteiger partial charge in [0, 0.05) is 12.2 Å². The third-order valence-corrected chi connectivity index (χ3v) is 2.94. The highest BCUT2D eigenvalue weighted by atomic mass is 16.5. The molecule has 0 aromatic heterocycles. The molecule has 110 valence electrons. The lowest BCUT2D eigenvalue weighted by atomic mass is 10.2. The summed E-state index contributed by atoms with van der Waals surface area (Å²) in [5.74, 6) is 1.12. The molecule has 0 saturated carbocycles. The minimum atomic E-state index is -0.230. The summed E-state index contributed by atoms with van der Waals surface area (Å²) in [7, 11) is 1.60. The number of nitrogens with two attached hydrogens (primary N) is 1. The van der Waals surface area contributed by atoms with Gasteiger partial charge in [0.05, 0.1) is 7.11 Å². The predicted octanol–water partition coefficient (Wildman–Crippen LogP) is 2.17. The average Bonchev–Trinajstić information content (AvgIpc) is 2.54. The van der Waals surface area contributed by atoms with Crippen LogP contribution in [-0.4, -0.2) is 19.6 Å². The van der Waals surface area contributed by atoms with E-state index in [0.29, 0.717) is 18.0 Å². The van der Waals surface area contributed by atoms with Gasteiger partial charge in [-0.1, -0.05) is 18.2 Å². The van der Waals surface area contributed by atoms with Crippen LogP contribution in [0.1, 0.15) is 5.56 Å². The number of hydrogen-bond donors (Lipinski definition) is 2. The summed E-state index contributed by atoms with van der Waals surface area (Å²) >= 11 is 0. The number of hydrogen-bond acceptors (Lipinski definition) is 4. The lowest BCUT2D eigenvalue weighted by molar-refractivity contribution is -0.118. The number of ether oxygens (including phenoxy) is 2. The summed E-state index contributed by atoms with van der Waals surface area (Å²) in [6.07, 6.45) is 0. The van der Waals surface area contributed by atoms with Crippen molar-refractivity contribution in [2.75, 3.05) is 19.0 Å². The summed E-state index contributed by atoms with van der Waals surface area (Å²) in [6.45, 7) is 0.307. The van der Waals surface area contributed by atoms with E-state index < -0.39 is 0 Å². The molecular formula is C16H18N2O3. The van der Waals surface area contributed by atoms with Crippen molar-refractivity contribution in [2.45, 2.75) is 6.54 Å². The van der Waals surface area contributed by atoms with E-state index in [4.69, 9.17) is 15.2 Å². The Morgan fingerprint density at radius 3 is 2.43 bits per heavy atom. The van der Waals surface area contributed by atoms with Gasteiger partial charge in [0.1, 0.15) is 11.5 Å². The first-order valence-electron chi connectivity index (χ1n) is 6.57. The summed E-state index contributed by atoms with van der Waals surface area (Å²) in [5, 5.41) is 2.79. The Morgan fingerprint density at radius 2 is 1.76 bits per heavy atom. The first-order valence-corrected chi connectivity index (χ1v) is 6.57. The molecule has 0 aliphatic carbocycles. The van der Waals surface area contributed by atoms with Crippen molar-refractivity contribution in [3.8, 4) is 11.5 Å². The molecule has 2 aromatic carbocycles. The van der Waals surface area contributed by atoms with Crippen LogP contribution in [0.2, 0.25) is 0 Å². The number of methoxy groups -OCH3 is 1. The fourth-order valence-electron chi connectivity index (χ4n) is 1.83. The van der Waals surface area contributed by atoms with Crippen LogP contribution in [-0.2, 0) is 11.3 Å². The minimum absolute atomic E-state index is 0.0643. The Balaban J connectivity index is 1.89. The Kier molecular flexibility index (Phi) is 5.17. The van der Waals surface area contributed by atoms with E-state index in [1.807, 2.05) is 24.3 Å². The second-order valence-corrected chi connectivity index (χ2v) is 4.37. The fourth-order valence-corrected chi connectivity index (χ4v) is 1.83. The maximum Gasteiger partial charge on any atom is 0.262 e. The van der Waals surface area contributed by atoms with Crippen molar-refractivity contribution in [1.82, 2.24) is 0 Å². The molecule has 2 rings (SSSR count). The molecule has 0 aliphatic heterocycles. The van der Waals surface area contributed by atoms with Crippen molar-refractivity contribution < 1.29 is 14.3 Å². The van der Waals surface area contributed by atoms with E-state index in [1.54, 1.807) is 31.4 Å². The first-order chi connectivity index (χ1) is 10.2. The molecule has 5 nitrogen and oxygen atoms in total. The molecular weight excluding hydrogens is 268 g/mol. The maximum atomic E-state index is 11.9. The van der Waals surface area contributed by atoms with Crippen LogP contribution in [0, 0.1) is 0 Å². The van der Waals surface area contributed by atoms with Gasteiger partial charge in [0.25, 0.3) is 5.91 Å². The van der Waals surface area contributed by atoms with Crippen LogP contribution in [0.15, 0.2) is 48.5 Å². The van der Waals surface area contributed by atoms with Crippen molar-refractivity contribution >= 4 is 11.6 Å². The lowest BCUT2D eigenvalue weighted by Gasteiger charge is -2.10. The average molecular weight is 286 g/mol. The Bertz CT molecular complexity index is 597. The van der Waals surface area contributed by atoms with Gasteiger partial charge in [-0.3, -0.25) is 4.79 Å². The van der Waals surface area contributed by atoms with Gasteiger partial charge < -0.3 is 20.5 Å². The smallest absolute Gasteiger partial charge is 0.262 e. The topological polar surface area (TPSA) is 73.6 Å². The summed E-state index contributed by atoms with van der Waals surface area (Å²) < 4.78 is 10.5. The molecule has 0 fully saturated rings. The molecule has 0 saturated heterocycles. The lowest BCUT2D eigenvalue weighted by Crippen LogP contribution is -2.21. The van der Waals surface area contributed by atoms with Gasteiger partial charge in [0.2, 0.25) is 0 Å². The largest absolute Gasteiger partial charge is 0.497 e. The number of para-hydroxylation sites is 1. The maximum absolute atomic E-state index is 11.9. The van der Waals surface area contributed by atoms with Crippen molar-refractivity contribution in [2.24, 2.45) is 5.73 Å². The highest BCUT2D eigenvalue weighted by Crippen LogP contribution is 2.17. The van der Waals surface area contributed by atoms with Gasteiger partial charge in [-0.05, 0) is 35.9 Å². The Morgan fingerprint density at radius 1 is 1.10 bits per heavy atom. The third kappa shape index (κ3) is 4.22.